The Balaban J connectivity index is 1.41. The third kappa shape index (κ3) is 2.95. The van der Waals surface area contributed by atoms with Crippen molar-refractivity contribution in [2.45, 2.75) is 18.9 Å². The van der Waals surface area contributed by atoms with Crippen LogP contribution in [-0.2, 0) is 14.3 Å². The number of ether oxygens (including phenoxy) is 2. The molecule has 0 spiro atoms. The first-order chi connectivity index (χ1) is 12.8. The lowest BCUT2D eigenvalue weighted by Gasteiger charge is -2.32. The Morgan fingerprint density at radius 3 is 2.77 bits per heavy atom. The molecule has 3 aliphatic rings. The highest BCUT2D eigenvalue weighted by molar-refractivity contribution is 5.81. The number of hydrogen-bond donors (Lipinski definition) is 0. The predicted octanol–water partition coefficient (Wildman–Crippen LogP) is 1.48. The van der Waals surface area contributed by atoms with Gasteiger partial charge in [0, 0.05) is 31.7 Å². The summed E-state index contributed by atoms with van der Waals surface area (Å²) in [5, 5.41) is 0. The normalized spacial score (nSPS) is 24.2. The monoisotopic (exact) mass is 356 g/mol. The summed E-state index contributed by atoms with van der Waals surface area (Å²) in [5.41, 5.74) is 1.82. The molecule has 5 rings (SSSR count). The first-order valence-electron chi connectivity index (χ1n) is 9.51. The first-order valence-corrected chi connectivity index (χ1v) is 9.51. The number of carbonyl (C=O) groups excluding carboxylic acids is 1. The lowest BCUT2D eigenvalue weighted by molar-refractivity contribution is -0.140. The maximum absolute atomic E-state index is 12.4. The minimum Gasteiger partial charge on any atom is -0.378 e. The minimum atomic E-state index is -0.149. The summed E-state index contributed by atoms with van der Waals surface area (Å²) in [6.07, 6.45) is 4.00. The highest BCUT2D eigenvalue weighted by Crippen LogP contribution is 2.33. The van der Waals surface area contributed by atoms with Crippen molar-refractivity contribution in [1.29, 1.82) is 0 Å². The van der Waals surface area contributed by atoms with Crippen LogP contribution in [0.1, 0.15) is 24.6 Å². The Morgan fingerprint density at radius 2 is 1.96 bits per heavy atom. The molecule has 2 aromatic heterocycles. The van der Waals surface area contributed by atoms with Crippen molar-refractivity contribution in [3.05, 3.63) is 30.1 Å². The van der Waals surface area contributed by atoms with Gasteiger partial charge >= 0.3 is 0 Å². The standard InChI is InChI=1S/C19H24N4O3/c24-19(14-4-5-14)22-8-11-26-16(13-22)15-12-23-17(20-15)2-1-3-18(23)21-6-9-25-10-7-21/h1-3,12,14,16H,4-11,13H2. The van der Waals surface area contributed by atoms with E-state index in [1.807, 2.05) is 17.0 Å². The molecular weight excluding hydrogens is 332 g/mol. The zero-order valence-corrected chi connectivity index (χ0v) is 14.8. The number of pyridine rings is 1. The van der Waals surface area contributed by atoms with Gasteiger partial charge in [0.2, 0.25) is 5.91 Å². The van der Waals surface area contributed by atoms with E-state index in [0.29, 0.717) is 19.7 Å². The zero-order chi connectivity index (χ0) is 17.5. The average molecular weight is 356 g/mol. The van der Waals surface area contributed by atoms with E-state index >= 15 is 0 Å². The van der Waals surface area contributed by atoms with Gasteiger partial charge in [0.1, 0.15) is 17.6 Å². The first kappa shape index (κ1) is 16.1. The molecule has 1 atom stereocenters. The van der Waals surface area contributed by atoms with Gasteiger partial charge in [-0.25, -0.2) is 4.98 Å². The van der Waals surface area contributed by atoms with Gasteiger partial charge in [-0.3, -0.25) is 9.20 Å². The molecule has 7 nitrogen and oxygen atoms in total. The lowest BCUT2D eigenvalue weighted by atomic mass is 10.2. The van der Waals surface area contributed by atoms with Crippen LogP contribution in [-0.4, -0.2) is 66.2 Å². The summed E-state index contributed by atoms with van der Waals surface area (Å²) in [4.78, 5) is 21.5. The number of morpholine rings is 2. The molecule has 0 radical (unpaired) electrons. The maximum atomic E-state index is 12.4. The largest absolute Gasteiger partial charge is 0.378 e. The van der Waals surface area contributed by atoms with Gasteiger partial charge in [-0.2, -0.15) is 0 Å². The van der Waals surface area contributed by atoms with Crippen molar-refractivity contribution in [1.82, 2.24) is 14.3 Å². The molecule has 2 aliphatic heterocycles. The lowest BCUT2D eigenvalue weighted by Crippen LogP contribution is -2.43. The van der Waals surface area contributed by atoms with Crippen LogP contribution in [0.5, 0.6) is 0 Å². The van der Waals surface area contributed by atoms with E-state index in [4.69, 9.17) is 14.5 Å². The maximum Gasteiger partial charge on any atom is 0.225 e. The van der Waals surface area contributed by atoms with E-state index in [-0.39, 0.29) is 17.9 Å². The van der Waals surface area contributed by atoms with E-state index in [0.717, 1.165) is 56.3 Å². The summed E-state index contributed by atoms with van der Waals surface area (Å²) in [6.45, 7) is 5.15. The highest BCUT2D eigenvalue weighted by atomic mass is 16.5. The molecule has 0 N–H and O–H groups in total. The van der Waals surface area contributed by atoms with E-state index < -0.39 is 0 Å². The van der Waals surface area contributed by atoms with Crippen LogP contribution in [0.4, 0.5) is 5.82 Å². The van der Waals surface area contributed by atoms with Gasteiger partial charge in [-0.1, -0.05) is 6.07 Å². The van der Waals surface area contributed by atoms with Crippen LogP contribution in [0.15, 0.2) is 24.4 Å². The quantitative estimate of drug-likeness (QED) is 0.834. The Hall–Kier alpha value is -2.12. The van der Waals surface area contributed by atoms with E-state index in [9.17, 15) is 4.79 Å². The van der Waals surface area contributed by atoms with Gasteiger partial charge in [-0.05, 0) is 25.0 Å². The van der Waals surface area contributed by atoms with Crippen molar-refractivity contribution >= 4 is 17.4 Å². The molecule has 2 aromatic rings. The molecule has 138 valence electrons. The Labute approximate surface area is 152 Å². The van der Waals surface area contributed by atoms with Crippen LogP contribution in [0.25, 0.3) is 5.65 Å². The summed E-state index contributed by atoms with van der Waals surface area (Å²) in [5.74, 6) is 1.67. The molecular formula is C19H24N4O3. The van der Waals surface area contributed by atoms with Crippen molar-refractivity contribution in [3.63, 3.8) is 0 Å². The third-order valence-corrected chi connectivity index (χ3v) is 5.46. The Bertz CT molecular complexity index is 810. The zero-order valence-electron chi connectivity index (χ0n) is 14.8. The van der Waals surface area contributed by atoms with Gasteiger partial charge in [0.25, 0.3) is 0 Å². The number of fused-ring (bicyclic) bond motifs is 1. The topological polar surface area (TPSA) is 59.3 Å². The van der Waals surface area contributed by atoms with Crippen LogP contribution >= 0.6 is 0 Å². The summed E-state index contributed by atoms with van der Waals surface area (Å²) >= 11 is 0. The second kappa shape index (κ2) is 6.55. The average Bonchev–Trinajstić information content (AvgIpc) is 3.46. The van der Waals surface area contributed by atoms with Crippen LogP contribution < -0.4 is 4.90 Å². The van der Waals surface area contributed by atoms with E-state index in [1.54, 1.807) is 0 Å². The minimum absolute atomic E-state index is 0.149. The number of hydrogen-bond acceptors (Lipinski definition) is 5. The van der Waals surface area contributed by atoms with Crippen LogP contribution in [0.2, 0.25) is 0 Å². The number of carbonyl (C=O) groups is 1. The van der Waals surface area contributed by atoms with Gasteiger partial charge in [-0.15, -0.1) is 0 Å². The predicted molar refractivity (Wildman–Crippen MR) is 96.2 cm³/mol. The summed E-state index contributed by atoms with van der Waals surface area (Å²) < 4.78 is 13.6. The third-order valence-electron chi connectivity index (χ3n) is 5.46. The molecule has 0 aromatic carbocycles. The Kier molecular flexibility index (Phi) is 4.05. The second-order valence-electron chi connectivity index (χ2n) is 7.30. The number of amides is 1. The number of anilines is 1. The van der Waals surface area contributed by atoms with Crippen LogP contribution in [0, 0.1) is 5.92 Å². The van der Waals surface area contributed by atoms with Crippen molar-refractivity contribution in [3.8, 4) is 0 Å². The molecule has 1 saturated carbocycles. The molecule has 0 bridgehead atoms. The number of imidazole rings is 1. The summed E-state index contributed by atoms with van der Waals surface area (Å²) in [7, 11) is 0. The fourth-order valence-corrected chi connectivity index (χ4v) is 3.84. The second-order valence-corrected chi connectivity index (χ2v) is 7.30. The molecule has 3 fully saturated rings. The highest BCUT2D eigenvalue weighted by Gasteiger charge is 2.36. The molecule has 4 heterocycles. The molecule has 26 heavy (non-hydrogen) atoms. The number of nitrogens with zero attached hydrogens (tertiary/aromatic N) is 4. The van der Waals surface area contributed by atoms with Crippen LogP contribution in [0.3, 0.4) is 0 Å². The fraction of sp³-hybridized carbons (Fsp3) is 0.579. The van der Waals surface area contributed by atoms with E-state index in [2.05, 4.69) is 21.6 Å². The van der Waals surface area contributed by atoms with Gasteiger partial charge in [0.05, 0.1) is 32.1 Å². The van der Waals surface area contributed by atoms with Crippen molar-refractivity contribution in [2.24, 2.45) is 5.92 Å². The Morgan fingerprint density at radius 1 is 1.12 bits per heavy atom. The van der Waals surface area contributed by atoms with Gasteiger partial charge < -0.3 is 19.3 Å². The number of rotatable bonds is 3. The fourth-order valence-electron chi connectivity index (χ4n) is 3.84. The number of aromatic nitrogens is 2. The van der Waals surface area contributed by atoms with Crippen molar-refractivity contribution in [2.75, 3.05) is 50.9 Å². The molecule has 1 unspecified atom stereocenters. The molecule has 7 heteroatoms. The molecule has 1 amide bonds. The molecule has 2 saturated heterocycles. The van der Waals surface area contributed by atoms with E-state index in [1.165, 1.54) is 0 Å². The smallest absolute Gasteiger partial charge is 0.225 e. The van der Waals surface area contributed by atoms with Gasteiger partial charge in [0.15, 0.2) is 0 Å². The van der Waals surface area contributed by atoms with Crippen molar-refractivity contribution < 1.29 is 14.3 Å². The summed E-state index contributed by atoms with van der Waals surface area (Å²) in [6, 6.07) is 6.18. The molecule has 1 aliphatic carbocycles. The SMILES string of the molecule is O=C(C1CC1)N1CCOC(c2cn3c(N4CCOCC4)cccc3n2)C1.